The van der Waals surface area contributed by atoms with Crippen molar-refractivity contribution in [1.82, 2.24) is 10.3 Å². The molecule has 1 aromatic carbocycles. The van der Waals surface area contributed by atoms with E-state index < -0.39 is 5.54 Å². The Bertz CT molecular complexity index is 678. The zero-order chi connectivity index (χ0) is 16.2. The third kappa shape index (κ3) is 7.05. The summed E-state index contributed by atoms with van der Waals surface area (Å²) in [7, 11) is 0. The Kier molecular flexibility index (Phi) is 9.29. The number of hydrogen-bond acceptors (Lipinski definition) is 4. The van der Waals surface area contributed by atoms with Crippen LogP contribution in [0, 0.1) is 0 Å². The number of nitrogens with one attached hydrogen (secondary N) is 1. The van der Waals surface area contributed by atoms with Crippen LogP contribution >= 0.6 is 40.7 Å². The van der Waals surface area contributed by atoms with Crippen LogP contribution in [-0.2, 0) is 0 Å². The van der Waals surface area contributed by atoms with E-state index >= 15 is 0 Å². The van der Waals surface area contributed by atoms with Gasteiger partial charge in [0.05, 0.1) is 0 Å². The number of aromatic nitrogens is 1. The number of carbonyl (C=O) groups excluding carboxylic acids is 1. The summed E-state index contributed by atoms with van der Waals surface area (Å²) in [4.78, 5) is 16.4. The van der Waals surface area contributed by atoms with Gasteiger partial charge in [0.25, 0.3) is 5.91 Å². The Labute approximate surface area is 162 Å². The molecule has 1 amide bonds. The second-order valence-electron chi connectivity index (χ2n) is 5.59. The first-order chi connectivity index (χ1) is 10.3. The van der Waals surface area contributed by atoms with Crippen LogP contribution in [0.2, 0.25) is 0 Å². The van der Waals surface area contributed by atoms with Gasteiger partial charge in [-0.3, -0.25) is 4.79 Å². The largest absolute Gasteiger partial charge is 0.438 e. The van der Waals surface area contributed by atoms with Gasteiger partial charge in [-0.1, -0.05) is 22.0 Å². The highest BCUT2D eigenvalue weighted by molar-refractivity contribution is 9.10. The summed E-state index contributed by atoms with van der Waals surface area (Å²) in [6.07, 6.45) is 1.58. The number of nitrogens with zero attached hydrogens (tertiary/aromatic N) is 1. The maximum Gasteiger partial charge on any atom is 0.256 e. The summed E-state index contributed by atoms with van der Waals surface area (Å²) in [6, 6.07) is 10.7. The number of pyridine rings is 1. The van der Waals surface area contributed by atoms with Gasteiger partial charge in [0.1, 0.15) is 11.3 Å². The number of halogens is 3. The van der Waals surface area contributed by atoms with Gasteiger partial charge in [-0.15, -0.1) is 24.8 Å². The molecular weight excluding hydrogens is 417 g/mol. The molecule has 5 nitrogen and oxygen atoms in total. The molecule has 2 rings (SSSR count). The fourth-order valence-corrected chi connectivity index (χ4v) is 2.07. The first-order valence-corrected chi connectivity index (χ1v) is 7.60. The molecule has 8 heteroatoms. The highest BCUT2D eigenvalue weighted by atomic mass is 79.9. The Hall–Kier alpha value is -1.34. The molecular formula is C16H20BrCl2N3O2. The molecule has 0 spiro atoms. The van der Waals surface area contributed by atoms with Gasteiger partial charge >= 0.3 is 0 Å². The van der Waals surface area contributed by atoms with E-state index in [0.717, 1.165) is 4.47 Å². The van der Waals surface area contributed by atoms with Crippen molar-refractivity contribution in [1.29, 1.82) is 0 Å². The second kappa shape index (κ2) is 9.84. The van der Waals surface area contributed by atoms with Gasteiger partial charge in [0, 0.05) is 22.8 Å². The highest BCUT2D eigenvalue weighted by Crippen LogP contribution is 2.25. The van der Waals surface area contributed by atoms with Crippen molar-refractivity contribution in [2.75, 3.05) is 6.54 Å². The number of ether oxygens (including phenoxy) is 1. The van der Waals surface area contributed by atoms with Gasteiger partial charge in [-0.25, -0.2) is 4.98 Å². The van der Waals surface area contributed by atoms with Crippen molar-refractivity contribution in [3.8, 4) is 11.6 Å². The summed E-state index contributed by atoms with van der Waals surface area (Å²) in [6.45, 7) is 4.04. The van der Waals surface area contributed by atoms with E-state index in [1.807, 2.05) is 26.0 Å². The second-order valence-corrected chi connectivity index (χ2v) is 6.50. The summed E-state index contributed by atoms with van der Waals surface area (Å²) in [5, 5.41) is 2.78. The fraction of sp³-hybridized carbons (Fsp3) is 0.250. The van der Waals surface area contributed by atoms with E-state index in [2.05, 4.69) is 26.2 Å². The third-order valence-electron chi connectivity index (χ3n) is 2.73. The number of hydrogen-bond donors (Lipinski definition) is 2. The quantitative estimate of drug-likeness (QED) is 0.743. The van der Waals surface area contributed by atoms with Gasteiger partial charge < -0.3 is 15.8 Å². The van der Waals surface area contributed by atoms with Crippen LogP contribution < -0.4 is 15.8 Å². The summed E-state index contributed by atoms with van der Waals surface area (Å²) >= 11 is 3.38. The fourth-order valence-electron chi connectivity index (χ4n) is 1.69. The maximum absolute atomic E-state index is 12.3. The van der Waals surface area contributed by atoms with Crippen molar-refractivity contribution in [2.45, 2.75) is 19.4 Å². The molecule has 132 valence electrons. The molecule has 0 saturated carbocycles. The minimum atomic E-state index is -0.483. The Balaban J connectivity index is 0.00000264. The third-order valence-corrected chi connectivity index (χ3v) is 3.22. The van der Waals surface area contributed by atoms with Gasteiger partial charge in [0.2, 0.25) is 5.88 Å². The van der Waals surface area contributed by atoms with E-state index in [0.29, 0.717) is 17.9 Å². The molecule has 0 atom stereocenters. The lowest BCUT2D eigenvalue weighted by Gasteiger charge is -2.19. The number of nitrogens with two attached hydrogens (primary N) is 1. The average Bonchev–Trinajstić information content (AvgIpc) is 2.45. The topological polar surface area (TPSA) is 77.2 Å². The van der Waals surface area contributed by atoms with E-state index in [9.17, 15) is 4.79 Å². The standard InChI is InChI=1S/C16H18BrN3O2.2ClH/c1-16(2,18)10-20-14(21)13-7-4-8-19-15(13)22-12-6-3-5-11(17)9-12;;/h3-9H,10,18H2,1-2H3,(H,20,21);2*1H. The molecule has 3 N–H and O–H groups in total. The smallest absolute Gasteiger partial charge is 0.256 e. The predicted molar refractivity (Wildman–Crippen MR) is 104 cm³/mol. The summed E-state index contributed by atoms with van der Waals surface area (Å²) in [5.41, 5.74) is 5.76. The lowest BCUT2D eigenvalue weighted by Crippen LogP contribution is -2.45. The predicted octanol–water partition coefficient (Wildman–Crippen LogP) is 3.95. The van der Waals surface area contributed by atoms with Crippen molar-refractivity contribution >= 4 is 46.7 Å². The van der Waals surface area contributed by atoms with E-state index in [-0.39, 0.29) is 36.6 Å². The lowest BCUT2D eigenvalue weighted by molar-refractivity contribution is 0.0943. The molecule has 1 heterocycles. The summed E-state index contributed by atoms with van der Waals surface area (Å²) < 4.78 is 6.60. The zero-order valence-electron chi connectivity index (χ0n) is 13.3. The number of carbonyl (C=O) groups is 1. The number of rotatable bonds is 5. The van der Waals surface area contributed by atoms with Crippen molar-refractivity contribution < 1.29 is 9.53 Å². The molecule has 0 fully saturated rings. The molecule has 1 aromatic heterocycles. The average molecular weight is 437 g/mol. The van der Waals surface area contributed by atoms with Crippen LogP contribution in [0.3, 0.4) is 0 Å². The normalized spacial score (nSPS) is 10.2. The first-order valence-electron chi connectivity index (χ1n) is 6.81. The Morgan fingerprint density at radius 1 is 1.29 bits per heavy atom. The molecule has 0 aliphatic carbocycles. The molecule has 0 radical (unpaired) electrons. The molecule has 24 heavy (non-hydrogen) atoms. The lowest BCUT2D eigenvalue weighted by atomic mass is 10.1. The van der Waals surface area contributed by atoms with Gasteiger partial charge in [-0.2, -0.15) is 0 Å². The van der Waals surface area contributed by atoms with Crippen LogP contribution in [-0.4, -0.2) is 23.0 Å². The van der Waals surface area contributed by atoms with Crippen LogP contribution in [0.5, 0.6) is 11.6 Å². The van der Waals surface area contributed by atoms with E-state index in [1.54, 1.807) is 30.5 Å². The maximum atomic E-state index is 12.3. The molecule has 0 aliphatic heterocycles. The molecule has 0 aliphatic rings. The van der Waals surface area contributed by atoms with Crippen LogP contribution in [0.15, 0.2) is 47.1 Å². The van der Waals surface area contributed by atoms with E-state index in [4.69, 9.17) is 10.5 Å². The van der Waals surface area contributed by atoms with Crippen molar-refractivity contribution in [2.24, 2.45) is 5.73 Å². The number of benzene rings is 1. The molecule has 2 aromatic rings. The molecule has 0 bridgehead atoms. The SMILES string of the molecule is CC(C)(N)CNC(=O)c1cccnc1Oc1cccc(Br)c1.Cl.Cl. The van der Waals surface area contributed by atoms with Crippen LogP contribution in [0.25, 0.3) is 0 Å². The van der Waals surface area contributed by atoms with Crippen LogP contribution in [0.1, 0.15) is 24.2 Å². The van der Waals surface area contributed by atoms with Gasteiger partial charge in [-0.05, 0) is 44.2 Å². The minimum absolute atomic E-state index is 0. The monoisotopic (exact) mass is 435 g/mol. The summed E-state index contributed by atoms with van der Waals surface area (Å²) in [5.74, 6) is 0.589. The minimum Gasteiger partial charge on any atom is -0.438 e. The highest BCUT2D eigenvalue weighted by Gasteiger charge is 2.17. The van der Waals surface area contributed by atoms with Crippen molar-refractivity contribution in [3.05, 3.63) is 52.6 Å². The Morgan fingerprint density at radius 2 is 2.00 bits per heavy atom. The first kappa shape index (κ1) is 22.7. The zero-order valence-corrected chi connectivity index (χ0v) is 16.5. The molecule has 0 saturated heterocycles. The van der Waals surface area contributed by atoms with Crippen LogP contribution in [0.4, 0.5) is 0 Å². The van der Waals surface area contributed by atoms with E-state index in [1.165, 1.54) is 0 Å². The number of amides is 1. The molecule has 0 unspecified atom stereocenters. The van der Waals surface area contributed by atoms with Gasteiger partial charge in [0.15, 0.2) is 0 Å². The Morgan fingerprint density at radius 3 is 2.62 bits per heavy atom. The van der Waals surface area contributed by atoms with Crippen molar-refractivity contribution in [3.63, 3.8) is 0 Å².